The van der Waals surface area contributed by atoms with Crippen LogP contribution in [0.15, 0.2) is 72.1 Å². The third-order valence-electron chi connectivity index (χ3n) is 9.58. The van der Waals surface area contributed by atoms with E-state index in [9.17, 15) is 14.7 Å². The fraction of sp³-hybridized carbons (Fsp3) is 0.400. The standard InChI is InChI=1S/C35H42N8O3/c1-38(2)25-10-8-9-24(23-25)35(46)42-21-19-41(20-22-42)29-14-13-26-31(44)30(33(45)36-15-18-40-16-6-7-17-40)34-39(3)27-11-4-5-12-28(27)43(34)32(26)37-29/h4-5,8-14,23,31,44H,6-7,15-22H2,1-3H3,(H,36,45). The van der Waals surface area contributed by atoms with Crippen molar-refractivity contribution in [3.05, 3.63) is 83.2 Å². The summed E-state index contributed by atoms with van der Waals surface area (Å²) < 4.78 is 0. The number of anilines is 5. The van der Waals surface area contributed by atoms with Gasteiger partial charge in [-0.1, -0.05) is 18.2 Å². The van der Waals surface area contributed by atoms with Crippen molar-refractivity contribution in [2.45, 2.75) is 18.9 Å². The second-order valence-corrected chi connectivity index (χ2v) is 12.6. The molecule has 0 bridgehead atoms. The fourth-order valence-electron chi connectivity index (χ4n) is 7.02. The number of nitrogens with one attached hydrogen (secondary N) is 1. The molecule has 1 aromatic heterocycles. The van der Waals surface area contributed by atoms with E-state index in [-0.39, 0.29) is 11.8 Å². The summed E-state index contributed by atoms with van der Waals surface area (Å²) in [5.41, 5.74) is 4.46. The summed E-state index contributed by atoms with van der Waals surface area (Å²) in [5.74, 6) is 1.78. The number of hydrogen-bond acceptors (Lipinski definition) is 9. The summed E-state index contributed by atoms with van der Waals surface area (Å²) in [6.07, 6.45) is 1.27. The van der Waals surface area contributed by atoms with Crippen LogP contribution in [-0.4, -0.2) is 105 Å². The van der Waals surface area contributed by atoms with E-state index < -0.39 is 6.10 Å². The van der Waals surface area contributed by atoms with Crippen LogP contribution in [0.2, 0.25) is 0 Å². The highest BCUT2D eigenvalue weighted by Gasteiger charge is 2.44. The molecule has 2 fully saturated rings. The topological polar surface area (TPSA) is 98.7 Å². The predicted molar refractivity (Wildman–Crippen MR) is 181 cm³/mol. The second kappa shape index (κ2) is 12.3. The van der Waals surface area contributed by atoms with E-state index in [1.807, 2.05) is 101 Å². The third kappa shape index (κ3) is 5.33. The zero-order chi connectivity index (χ0) is 31.9. The van der Waals surface area contributed by atoms with Gasteiger partial charge in [-0.05, 0) is 68.4 Å². The van der Waals surface area contributed by atoms with Gasteiger partial charge in [0.05, 0.1) is 16.9 Å². The number of carbonyl (C=O) groups excluding carboxylic acids is 2. The molecule has 0 radical (unpaired) electrons. The molecule has 7 rings (SSSR count). The lowest BCUT2D eigenvalue weighted by Gasteiger charge is -2.37. The molecule has 0 saturated carbocycles. The number of aliphatic hydroxyl groups is 1. The third-order valence-corrected chi connectivity index (χ3v) is 9.58. The predicted octanol–water partition coefficient (Wildman–Crippen LogP) is 3.17. The summed E-state index contributed by atoms with van der Waals surface area (Å²) in [4.78, 5) is 44.6. The van der Waals surface area contributed by atoms with Crippen molar-refractivity contribution in [1.29, 1.82) is 0 Å². The molecule has 5 heterocycles. The first-order chi connectivity index (χ1) is 22.3. The van der Waals surface area contributed by atoms with Crippen molar-refractivity contribution >= 4 is 40.5 Å². The Morgan fingerprint density at radius 1 is 0.935 bits per heavy atom. The van der Waals surface area contributed by atoms with Gasteiger partial charge in [-0.15, -0.1) is 0 Å². The molecular formula is C35H42N8O3. The van der Waals surface area contributed by atoms with E-state index in [0.29, 0.717) is 61.1 Å². The molecule has 2 saturated heterocycles. The average Bonchev–Trinajstić information content (AvgIpc) is 3.71. The molecule has 46 heavy (non-hydrogen) atoms. The van der Waals surface area contributed by atoms with Crippen LogP contribution in [0, 0.1) is 0 Å². The van der Waals surface area contributed by atoms with Crippen molar-refractivity contribution in [2.24, 2.45) is 0 Å². The van der Waals surface area contributed by atoms with Gasteiger partial charge in [0.15, 0.2) is 0 Å². The molecule has 0 spiro atoms. The quantitative estimate of drug-likeness (QED) is 0.412. The highest BCUT2D eigenvalue weighted by atomic mass is 16.3. The number of likely N-dealkylation sites (tertiary alicyclic amines) is 1. The van der Waals surface area contributed by atoms with Crippen LogP contribution in [0.1, 0.15) is 34.9 Å². The number of amides is 2. The number of aliphatic hydroxyl groups excluding tert-OH is 1. The molecule has 4 aliphatic heterocycles. The SMILES string of the molecule is CN(C)c1cccc(C(=O)N2CCN(c3ccc4c(n3)N3C(=C(C(=O)NCCN5CCCC5)C4O)N(C)c4ccccc43)CC2)c1. The van der Waals surface area contributed by atoms with Crippen LogP contribution in [0.4, 0.5) is 28.7 Å². The Morgan fingerprint density at radius 3 is 2.41 bits per heavy atom. The van der Waals surface area contributed by atoms with Crippen molar-refractivity contribution < 1.29 is 14.7 Å². The minimum Gasteiger partial charge on any atom is -0.383 e. The average molecular weight is 623 g/mol. The molecule has 2 amide bonds. The lowest BCUT2D eigenvalue weighted by Crippen LogP contribution is -2.49. The lowest BCUT2D eigenvalue weighted by molar-refractivity contribution is -0.118. The van der Waals surface area contributed by atoms with Crippen LogP contribution in [0.25, 0.3) is 0 Å². The van der Waals surface area contributed by atoms with Crippen molar-refractivity contribution in [3.8, 4) is 0 Å². The summed E-state index contributed by atoms with van der Waals surface area (Å²) in [6, 6.07) is 19.5. The van der Waals surface area contributed by atoms with E-state index in [1.54, 1.807) is 0 Å². The lowest BCUT2D eigenvalue weighted by atomic mass is 9.96. The number of hydrogen-bond donors (Lipinski definition) is 2. The summed E-state index contributed by atoms with van der Waals surface area (Å²) >= 11 is 0. The highest BCUT2D eigenvalue weighted by molar-refractivity contribution is 6.02. The van der Waals surface area contributed by atoms with Crippen LogP contribution in [-0.2, 0) is 4.79 Å². The number of carbonyl (C=O) groups is 2. The van der Waals surface area contributed by atoms with E-state index in [1.165, 1.54) is 12.8 Å². The minimum atomic E-state index is -1.13. The van der Waals surface area contributed by atoms with E-state index in [0.717, 1.165) is 42.5 Å². The summed E-state index contributed by atoms with van der Waals surface area (Å²) in [7, 11) is 5.87. The Labute approximate surface area is 270 Å². The first kappa shape index (κ1) is 30.1. The molecule has 11 nitrogen and oxygen atoms in total. The Morgan fingerprint density at radius 2 is 1.67 bits per heavy atom. The molecule has 1 unspecified atom stereocenters. The zero-order valence-corrected chi connectivity index (χ0v) is 26.8. The van der Waals surface area contributed by atoms with Crippen LogP contribution >= 0.6 is 0 Å². The largest absolute Gasteiger partial charge is 0.383 e. The van der Waals surface area contributed by atoms with Gasteiger partial charge < -0.3 is 34.9 Å². The molecule has 2 N–H and O–H groups in total. The van der Waals surface area contributed by atoms with E-state index >= 15 is 0 Å². The number of pyridine rings is 1. The van der Waals surface area contributed by atoms with Gasteiger partial charge in [0.25, 0.3) is 11.8 Å². The fourth-order valence-corrected chi connectivity index (χ4v) is 7.02. The molecule has 1 atom stereocenters. The van der Waals surface area contributed by atoms with E-state index in [4.69, 9.17) is 4.98 Å². The molecular weight excluding hydrogens is 580 g/mol. The number of piperazine rings is 1. The summed E-state index contributed by atoms with van der Waals surface area (Å²) in [5, 5.41) is 14.8. The van der Waals surface area contributed by atoms with Crippen molar-refractivity contribution in [2.75, 3.05) is 93.1 Å². The number of benzene rings is 2. The van der Waals surface area contributed by atoms with Gasteiger partial charge in [-0.25, -0.2) is 4.98 Å². The smallest absolute Gasteiger partial charge is 0.254 e. The Bertz CT molecular complexity index is 1680. The molecule has 3 aromatic rings. The Balaban J connectivity index is 1.13. The van der Waals surface area contributed by atoms with Crippen molar-refractivity contribution in [1.82, 2.24) is 20.1 Å². The summed E-state index contributed by atoms with van der Waals surface area (Å²) in [6.45, 7) is 5.88. The second-order valence-electron chi connectivity index (χ2n) is 12.6. The molecule has 11 heteroatoms. The normalized spacial score (nSPS) is 19.3. The monoisotopic (exact) mass is 622 g/mol. The maximum atomic E-state index is 13.7. The van der Waals surface area contributed by atoms with Gasteiger partial charge in [-0.2, -0.15) is 0 Å². The number of nitrogens with zero attached hydrogens (tertiary/aromatic N) is 7. The maximum Gasteiger partial charge on any atom is 0.254 e. The molecule has 240 valence electrons. The minimum absolute atomic E-state index is 0.0302. The van der Waals surface area contributed by atoms with Gasteiger partial charge in [0.1, 0.15) is 23.6 Å². The van der Waals surface area contributed by atoms with Gasteiger partial charge in [0.2, 0.25) is 0 Å². The maximum absolute atomic E-state index is 13.7. The first-order valence-corrected chi connectivity index (χ1v) is 16.2. The van der Waals surface area contributed by atoms with Gasteiger partial charge >= 0.3 is 0 Å². The van der Waals surface area contributed by atoms with Crippen molar-refractivity contribution in [3.63, 3.8) is 0 Å². The van der Waals surface area contributed by atoms with Crippen LogP contribution in [0.3, 0.4) is 0 Å². The van der Waals surface area contributed by atoms with Crippen LogP contribution < -0.4 is 24.9 Å². The van der Waals surface area contributed by atoms with Crippen LogP contribution in [0.5, 0.6) is 0 Å². The van der Waals surface area contributed by atoms with E-state index in [2.05, 4.69) is 15.1 Å². The molecule has 4 aliphatic rings. The van der Waals surface area contributed by atoms with Gasteiger partial charge in [0, 0.05) is 77.2 Å². The number of rotatable bonds is 7. The Kier molecular flexibility index (Phi) is 8.04. The molecule has 2 aromatic carbocycles. The zero-order valence-electron chi connectivity index (χ0n) is 26.8. The first-order valence-electron chi connectivity index (χ1n) is 16.2. The Hall–Kier alpha value is -4.61. The number of aromatic nitrogens is 1. The highest BCUT2D eigenvalue weighted by Crippen LogP contribution is 2.52. The van der Waals surface area contributed by atoms with Gasteiger partial charge in [-0.3, -0.25) is 14.5 Å². The number of fused-ring (bicyclic) bond motifs is 5. The number of para-hydroxylation sites is 2. The molecule has 0 aliphatic carbocycles.